The molecule has 1 aromatic carbocycles. The van der Waals surface area contributed by atoms with Gasteiger partial charge in [-0.3, -0.25) is 4.90 Å². The molecule has 1 nitrogen and oxygen atoms in total. The molecule has 0 spiro atoms. The fourth-order valence-electron chi connectivity index (χ4n) is 2.39. The second kappa shape index (κ2) is 8.04. The van der Waals surface area contributed by atoms with E-state index >= 15 is 0 Å². The lowest BCUT2D eigenvalue weighted by atomic mass is 10.00. The Hall–Kier alpha value is -0.240. The highest BCUT2D eigenvalue weighted by Gasteiger charge is 2.16. The monoisotopic (exact) mass is 287 g/mol. The minimum atomic E-state index is 0.729. The first-order valence-corrected chi connectivity index (χ1v) is 7.56. The third-order valence-electron chi connectivity index (χ3n) is 3.07. The van der Waals surface area contributed by atoms with Gasteiger partial charge in [-0.1, -0.05) is 44.0 Å². The first kappa shape index (κ1) is 15.8. The van der Waals surface area contributed by atoms with Crippen molar-refractivity contribution < 1.29 is 0 Å². The minimum Gasteiger partial charge on any atom is -0.299 e. The number of benzene rings is 1. The Bertz CT molecular complexity index is 345. The molecule has 1 aliphatic heterocycles. The summed E-state index contributed by atoms with van der Waals surface area (Å²) in [7, 11) is 0. The number of likely N-dealkylation sites (tertiary alicyclic amines) is 1. The Balaban J connectivity index is 0.000000771. The summed E-state index contributed by atoms with van der Waals surface area (Å²) < 4.78 is 0. The van der Waals surface area contributed by atoms with Gasteiger partial charge in [-0.25, -0.2) is 0 Å². The third-order valence-corrected chi connectivity index (χ3v) is 3.51. The van der Waals surface area contributed by atoms with Crippen molar-refractivity contribution in [2.24, 2.45) is 5.92 Å². The molecule has 1 fully saturated rings. The Morgan fingerprint density at radius 1 is 1.17 bits per heavy atom. The molecule has 1 aliphatic rings. The van der Waals surface area contributed by atoms with E-state index in [1.807, 2.05) is 26.0 Å². The van der Waals surface area contributed by atoms with Crippen LogP contribution >= 0.6 is 23.2 Å². The maximum absolute atomic E-state index is 5.99. The topological polar surface area (TPSA) is 3.24 Å². The Morgan fingerprint density at radius 3 is 2.33 bits per heavy atom. The van der Waals surface area contributed by atoms with Gasteiger partial charge < -0.3 is 0 Å². The van der Waals surface area contributed by atoms with Gasteiger partial charge in [-0.2, -0.15) is 0 Å². The molecule has 0 N–H and O–H groups in total. The predicted molar refractivity (Wildman–Crippen MR) is 81.5 cm³/mol. The van der Waals surface area contributed by atoms with E-state index in [0.717, 1.165) is 22.5 Å². The van der Waals surface area contributed by atoms with Gasteiger partial charge in [0, 0.05) is 23.1 Å². The van der Waals surface area contributed by atoms with E-state index in [4.69, 9.17) is 23.2 Å². The molecule has 0 aliphatic carbocycles. The van der Waals surface area contributed by atoms with Crippen LogP contribution in [-0.4, -0.2) is 18.0 Å². The van der Waals surface area contributed by atoms with E-state index in [1.165, 1.54) is 31.5 Å². The number of nitrogens with zero attached hydrogens (tertiary/aromatic N) is 1. The summed E-state index contributed by atoms with van der Waals surface area (Å²) in [6, 6.07) is 5.80. The van der Waals surface area contributed by atoms with Crippen LogP contribution in [0.25, 0.3) is 0 Å². The molecule has 0 aromatic heterocycles. The fourth-order valence-corrected chi connectivity index (χ4v) is 2.96. The van der Waals surface area contributed by atoms with Crippen molar-refractivity contribution in [3.05, 3.63) is 33.8 Å². The van der Waals surface area contributed by atoms with Crippen LogP contribution in [0.15, 0.2) is 18.2 Å². The largest absolute Gasteiger partial charge is 0.299 e. The average Bonchev–Trinajstić information content (AvgIpc) is 2.30. The van der Waals surface area contributed by atoms with Crippen LogP contribution in [0, 0.1) is 5.92 Å². The molecule has 1 unspecified atom stereocenters. The maximum Gasteiger partial charge on any atom is 0.0424 e. The smallest absolute Gasteiger partial charge is 0.0424 e. The normalized spacial score (nSPS) is 20.2. The van der Waals surface area contributed by atoms with Crippen LogP contribution < -0.4 is 0 Å². The van der Waals surface area contributed by atoms with Crippen molar-refractivity contribution in [3.8, 4) is 0 Å². The molecule has 0 bridgehead atoms. The Morgan fingerprint density at radius 2 is 1.78 bits per heavy atom. The molecule has 2 rings (SSSR count). The summed E-state index contributed by atoms with van der Waals surface area (Å²) in [6.07, 6.45) is 2.66. The number of halogens is 2. The van der Waals surface area contributed by atoms with E-state index in [2.05, 4.69) is 11.8 Å². The zero-order valence-corrected chi connectivity index (χ0v) is 13.1. The van der Waals surface area contributed by atoms with Gasteiger partial charge in [0.1, 0.15) is 0 Å². The molecule has 18 heavy (non-hydrogen) atoms. The molecule has 1 heterocycles. The molecule has 102 valence electrons. The molecule has 0 saturated carbocycles. The van der Waals surface area contributed by atoms with Gasteiger partial charge in [0.25, 0.3) is 0 Å². The lowest BCUT2D eigenvalue weighted by Crippen LogP contribution is -2.33. The molecule has 0 amide bonds. The maximum atomic E-state index is 5.99. The highest BCUT2D eigenvalue weighted by Crippen LogP contribution is 2.22. The predicted octanol–water partition coefficient (Wildman–Crippen LogP) is 5.25. The van der Waals surface area contributed by atoms with Crippen LogP contribution in [0.4, 0.5) is 0 Å². The number of hydrogen-bond acceptors (Lipinski definition) is 1. The van der Waals surface area contributed by atoms with E-state index < -0.39 is 0 Å². The van der Waals surface area contributed by atoms with Crippen molar-refractivity contribution in [3.63, 3.8) is 0 Å². The first-order chi connectivity index (χ1) is 8.63. The molecular weight excluding hydrogens is 265 g/mol. The average molecular weight is 288 g/mol. The third kappa shape index (κ3) is 5.17. The molecule has 3 heteroatoms. The Labute approximate surface area is 121 Å². The zero-order valence-electron chi connectivity index (χ0n) is 11.5. The van der Waals surface area contributed by atoms with Crippen molar-refractivity contribution >= 4 is 23.2 Å². The summed E-state index contributed by atoms with van der Waals surface area (Å²) in [4.78, 5) is 2.48. The standard InChI is InChI=1S/C13H17Cl2N.C2H6/c1-10-3-2-4-16(8-10)9-11-5-12(14)7-13(15)6-11;1-2/h5-7,10H,2-4,8-9H2,1H3;1-2H3. The van der Waals surface area contributed by atoms with Gasteiger partial charge in [-0.15, -0.1) is 0 Å². The van der Waals surface area contributed by atoms with Crippen LogP contribution in [0.3, 0.4) is 0 Å². The van der Waals surface area contributed by atoms with Gasteiger partial charge in [-0.05, 0) is 49.1 Å². The van der Waals surface area contributed by atoms with Gasteiger partial charge in [0.05, 0.1) is 0 Å². The number of piperidine rings is 1. The first-order valence-electron chi connectivity index (χ1n) is 6.81. The molecular formula is C15H23Cl2N. The second-order valence-electron chi connectivity index (χ2n) is 4.76. The van der Waals surface area contributed by atoms with E-state index in [9.17, 15) is 0 Å². The van der Waals surface area contributed by atoms with E-state index in [-0.39, 0.29) is 0 Å². The molecule has 1 aromatic rings. The summed E-state index contributed by atoms with van der Waals surface area (Å²) in [5.41, 5.74) is 1.21. The van der Waals surface area contributed by atoms with Crippen molar-refractivity contribution in [2.45, 2.75) is 40.2 Å². The SMILES string of the molecule is CC.CC1CCCN(Cc2cc(Cl)cc(Cl)c2)C1. The summed E-state index contributed by atoms with van der Waals surface area (Å²) in [5, 5.41) is 1.46. The lowest BCUT2D eigenvalue weighted by Gasteiger charge is -2.30. The lowest BCUT2D eigenvalue weighted by molar-refractivity contribution is 0.176. The highest BCUT2D eigenvalue weighted by atomic mass is 35.5. The van der Waals surface area contributed by atoms with Crippen LogP contribution in [-0.2, 0) is 6.54 Å². The quantitative estimate of drug-likeness (QED) is 0.718. The number of rotatable bonds is 2. The van der Waals surface area contributed by atoms with E-state index in [1.54, 1.807) is 6.07 Å². The van der Waals surface area contributed by atoms with Crippen molar-refractivity contribution in [1.82, 2.24) is 4.90 Å². The van der Waals surface area contributed by atoms with Crippen LogP contribution in [0.1, 0.15) is 39.2 Å². The van der Waals surface area contributed by atoms with Gasteiger partial charge >= 0.3 is 0 Å². The fraction of sp³-hybridized carbons (Fsp3) is 0.600. The van der Waals surface area contributed by atoms with Crippen LogP contribution in [0.2, 0.25) is 10.0 Å². The van der Waals surface area contributed by atoms with E-state index in [0.29, 0.717) is 0 Å². The van der Waals surface area contributed by atoms with Crippen molar-refractivity contribution in [2.75, 3.05) is 13.1 Å². The summed E-state index contributed by atoms with van der Waals surface area (Å²) in [5.74, 6) is 0.809. The minimum absolute atomic E-state index is 0.729. The molecule has 0 radical (unpaired) electrons. The zero-order chi connectivity index (χ0) is 13.5. The highest BCUT2D eigenvalue weighted by molar-refractivity contribution is 6.34. The van der Waals surface area contributed by atoms with Gasteiger partial charge in [0.15, 0.2) is 0 Å². The Kier molecular flexibility index (Phi) is 7.06. The second-order valence-corrected chi connectivity index (χ2v) is 5.63. The van der Waals surface area contributed by atoms with Crippen LogP contribution in [0.5, 0.6) is 0 Å². The number of hydrogen-bond donors (Lipinski definition) is 0. The van der Waals surface area contributed by atoms with Crippen molar-refractivity contribution in [1.29, 1.82) is 0 Å². The summed E-state index contributed by atoms with van der Waals surface area (Å²) >= 11 is 12.0. The summed E-state index contributed by atoms with van der Waals surface area (Å²) in [6.45, 7) is 9.65. The molecule has 1 saturated heterocycles. The van der Waals surface area contributed by atoms with Gasteiger partial charge in [0.2, 0.25) is 0 Å². The molecule has 1 atom stereocenters.